The first-order valence-electron chi connectivity index (χ1n) is 4.31. The predicted molar refractivity (Wildman–Crippen MR) is 44.9 cm³/mol. The average Bonchev–Trinajstić information content (AvgIpc) is 1.88. The van der Waals surface area contributed by atoms with Crippen molar-refractivity contribution in [2.45, 2.75) is 46.6 Å². The molecule has 0 fully saturated rings. The van der Waals surface area contributed by atoms with Crippen molar-refractivity contribution < 1.29 is 5.11 Å². The van der Waals surface area contributed by atoms with Gasteiger partial charge in [-0.2, -0.15) is 0 Å². The molecule has 10 heavy (non-hydrogen) atoms. The van der Waals surface area contributed by atoms with E-state index in [1.807, 2.05) is 6.92 Å². The molecule has 0 aromatic rings. The Balaban J connectivity index is 3.80. The molecule has 0 aliphatic heterocycles. The highest BCUT2D eigenvalue weighted by Crippen LogP contribution is 2.20. The zero-order valence-electron chi connectivity index (χ0n) is 7.59. The molecule has 1 N–H and O–H groups in total. The fraction of sp³-hybridized carbons (Fsp3) is 1.00. The van der Waals surface area contributed by atoms with E-state index in [1.165, 1.54) is 0 Å². The Bertz CT molecular complexity index is 78.8. The first-order valence-corrected chi connectivity index (χ1v) is 4.31. The lowest BCUT2D eigenvalue weighted by atomic mass is 9.87. The lowest BCUT2D eigenvalue weighted by Gasteiger charge is -2.23. The van der Waals surface area contributed by atoms with Crippen molar-refractivity contribution in [2.75, 3.05) is 0 Å². The molecule has 0 saturated heterocycles. The monoisotopic (exact) mass is 144 g/mol. The zero-order valence-corrected chi connectivity index (χ0v) is 7.59. The minimum Gasteiger partial charge on any atom is -0.393 e. The summed E-state index contributed by atoms with van der Waals surface area (Å²) in [6.07, 6.45) is 1.88. The van der Waals surface area contributed by atoms with Crippen LogP contribution in [-0.4, -0.2) is 11.2 Å². The highest BCUT2D eigenvalue weighted by atomic mass is 16.3. The lowest BCUT2D eigenvalue weighted by molar-refractivity contribution is 0.0757. The molecule has 0 aliphatic carbocycles. The summed E-state index contributed by atoms with van der Waals surface area (Å²) >= 11 is 0. The van der Waals surface area contributed by atoms with Crippen LogP contribution < -0.4 is 0 Å². The van der Waals surface area contributed by atoms with Crippen LogP contribution in [0, 0.1) is 11.8 Å². The molecule has 1 heteroatoms. The molecule has 0 spiro atoms. The minimum absolute atomic E-state index is 0.0926. The van der Waals surface area contributed by atoms with Crippen LogP contribution in [-0.2, 0) is 0 Å². The van der Waals surface area contributed by atoms with E-state index in [0.717, 1.165) is 12.8 Å². The average molecular weight is 144 g/mol. The molecule has 0 bridgehead atoms. The summed E-state index contributed by atoms with van der Waals surface area (Å²) in [5.74, 6) is 1.10. The largest absolute Gasteiger partial charge is 0.393 e. The second-order valence-electron chi connectivity index (χ2n) is 3.29. The van der Waals surface area contributed by atoms with Gasteiger partial charge in [-0.3, -0.25) is 0 Å². The van der Waals surface area contributed by atoms with Crippen molar-refractivity contribution in [1.29, 1.82) is 0 Å². The molecule has 0 rings (SSSR count). The standard InChI is InChI=1S/C9H20O/c1-5-8(7(3)4)9(10)6-2/h7-10H,5-6H2,1-4H3/t8-,9+/m1/s1. The van der Waals surface area contributed by atoms with E-state index in [4.69, 9.17) is 0 Å². The van der Waals surface area contributed by atoms with Gasteiger partial charge in [-0.25, -0.2) is 0 Å². The van der Waals surface area contributed by atoms with Crippen LogP contribution in [0.3, 0.4) is 0 Å². The van der Waals surface area contributed by atoms with E-state index in [0.29, 0.717) is 11.8 Å². The first kappa shape index (κ1) is 9.96. The Hall–Kier alpha value is -0.0400. The summed E-state index contributed by atoms with van der Waals surface area (Å²) in [5, 5.41) is 9.49. The molecule has 1 nitrogen and oxygen atoms in total. The SMILES string of the molecule is CC[C@H](C(C)C)[C@@H](O)CC. The third-order valence-electron chi connectivity index (χ3n) is 2.24. The topological polar surface area (TPSA) is 20.2 Å². The van der Waals surface area contributed by atoms with Gasteiger partial charge in [0.1, 0.15) is 0 Å². The van der Waals surface area contributed by atoms with Crippen LogP contribution in [0.5, 0.6) is 0 Å². The summed E-state index contributed by atoms with van der Waals surface area (Å²) < 4.78 is 0. The van der Waals surface area contributed by atoms with E-state index in [-0.39, 0.29) is 6.10 Å². The van der Waals surface area contributed by atoms with Gasteiger partial charge in [-0.1, -0.05) is 34.1 Å². The van der Waals surface area contributed by atoms with E-state index < -0.39 is 0 Å². The molecule has 0 aromatic carbocycles. The number of hydrogen-bond donors (Lipinski definition) is 1. The lowest BCUT2D eigenvalue weighted by Crippen LogP contribution is -2.23. The quantitative estimate of drug-likeness (QED) is 0.642. The van der Waals surface area contributed by atoms with Gasteiger partial charge in [0, 0.05) is 0 Å². The van der Waals surface area contributed by atoms with Gasteiger partial charge in [0.15, 0.2) is 0 Å². The maximum absolute atomic E-state index is 9.49. The van der Waals surface area contributed by atoms with Crippen molar-refractivity contribution >= 4 is 0 Å². The third-order valence-corrected chi connectivity index (χ3v) is 2.24. The Morgan fingerprint density at radius 1 is 1.10 bits per heavy atom. The molecule has 0 aliphatic rings. The fourth-order valence-electron chi connectivity index (χ4n) is 1.49. The van der Waals surface area contributed by atoms with Crippen molar-refractivity contribution in [3.63, 3.8) is 0 Å². The molecular formula is C9H20O. The van der Waals surface area contributed by atoms with Crippen molar-refractivity contribution in [2.24, 2.45) is 11.8 Å². The second-order valence-corrected chi connectivity index (χ2v) is 3.29. The molecule has 0 aromatic heterocycles. The summed E-state index contributed by atoms with van der Waals surface area (Å²) in [5.41, 5.74) is 0. The predicted octanol–water partition coefficient (Wildman–Crippen LogP) is 2.44. The van der Waals surface area contributed by atoms with Crippen molar-refractivity contribution in [1.82, 2.24) is 0 Å². The molecule has 2 atom stereocenters. The maximum Gasteiger partial charge on any atom is 0.0568 e. The number of aliphatic hydroxyl groups is 1. The Morgan fingerprint density at radius 2 is 1.60 bits per heavy atom. The molecule has 62 valence electrons. The Morgan fingerprint density at radius 3 is 1.70 bits per heavy atom. The van der Waals surface area contributed by atoms with Crippen LogP contribution in [0.4, 0.5) is 0 Å². The molecule has 0 saturated carbocycles. The molecule has 0 heterocycles. The van der Waals surface area contributed by atoms with Gasteiger partial charge < -0.3 is 5.11 Å². The van der Waals surface area contributed by atoms with E-state index in [1.54, 1.807) is 0 Å². The highest BCUT2D eigenvalue weighted by Gasteiger charge is 2.18. The van der Waals surface area contributed by atoms with Crippen LogP contribution in [0.15, 0.2) is 0 Å². The van der Waals surface area contributed by atoms with Crippen LogP contribution in [0.1, 0.15) is 40.5 Å². The fourth-order valence-corrected chi connectivity index (χ4v) is 1.49. The van der Waals surface area contributed by atoms with Gasteiger partial charge in [-0.15, -0.1) is 0 Å². The molecular weight excluding hydrogens is 124 g/mol. The molecule has 0 unspecified atom stereocenters. The molecule has 0 radical (unpaired) electrons. The van der Waals surface area contributed by atoms with Crippen molar-refractivity contribution in [3.8, 4) is 0 Å². The summed E-state index contributed by atoms with van der Waals surface area (Å²) in [7, 11) is 0. The van der Waals surface area contributed by atoms with E-state index >= 15 is 0 Å². The zero-order chi connectivity index (χ0) is 8.15. The van der Waals surface area contributed by atoms with Gasteiger partial charge in [0.25, 0.3) is 0 Å². The van der Waals surface area contributed by atoms with Gasteiger partial charge in [-0.05, 0) is 18.3 Å². The first-order chi connectivity index (χ1) is 4.63. The van der Waals surface area contributed by atoms with Gasteiger partial charge in [0.05, 0.1) is 6.10 Å². The summed E-state index contributed by atoms with van der Waals surface area (Å²) in [6, 6.07) is 0. The Kier molecular flexibility index (Phi) is 4.71. The van der Waals surface area contributed by atoms with Crippen molar-refractivity contribution in [3.05, 3.63) is 0 Å². The highest BCUT2D eigenvalue weighted by molar-refractivity contribution is 4.68. The molecule has 0 amide bonds. The second kappa shape index (κ2) is 4.73. The third kappa shape index (κ3) is 2.70. The Labute approximate surface area is 64.5 Å². The summed E-state index contributed by atoms with van der Waals surface area (Å²) in [4.78, 5) is 0. The maximum atomic E-state index is 9.49. The van der Waals surface area contributed by atoms with Gasteiger partial charge in [0.2, 0.25) is 0 Å². The van der Waals surface area contributed by atoms with Crippen LogP contribution >= 0.6 is 0 Å². The smallest absolute Gasteiger partial charge is 0.0568 e. The van der Waals surface area contributed by atoms with E-state index in [9.17, 15) is 5.11 Å². The normalized spacial score (nSPS) is 17.4. The minimum atomic E-state index is -0.0926. The number of rotatable bonds is 4. The van der Waals surface area contributed by atoms with Crippen LogP contribution in [0.25, 0.3) is 0 Å². The van der Waals surface area contributed by atoms with E-state index in [2.05, 4.69) is 20.8 Å². The number of aliphatic hydroxyl groups excluding tert-OH is 1. The van der Waals surface area contributed by atoms with Crippen LogP contribution in [0.2, 0.25) is 0 Å². The summed E-state index contributed by atoms with van der Waals surface area (Å²) in [6.45, 7) is 8.53. The number of hydrogen-bond acceptors (Lipinski definition) is 1. The van der Waals surface area contributed by atoms with Gasteiger partial charge >= 0.3 is 0 Å².